The van der Waals surface area contributed by atoms with Crippen molar-refractivity contribution in [1.82, 2.24) is 5.32 Å². The van der Waals surface area contributed by atoms with E-state index < -0.39 is 5.82 Å². The second-order valence-electron chi connectivity index (χ2n) is 4.74. The van der Waals surface area contributed by atoms with Crippen molar-refractivity contribution in [2.75, 3.05) is 6.61 Å². The number of hydrogen-bond acceptors (Lipinski definition) is 3. The minimum Gasteiger partial charge on any atom is -0.508 e. The van der Waals surface area contributed by atoms with Gasteiger partial charge in [0.25, 0.3) is 0 Å². The molecule has 2 rings (SSSR count). The van der Waals surface area contributed by atoms with Crippen LogP contribution in [0, 0.1) is 5.82 Å². The predicted octanol–water partition coefficient (Wildman–Crippen LogP) is 2.92. The Balaban J connectivity index is 2.17. The smallest absolute Gasteiger partial charge is 0.123 e. The largest absolute Gasteiger partial charge is 0.508 e. The van der Waals surface area contributed by atoms with Crippen LogP contribution in [-0.2, 0) is 0 Å². The maximum Gasteiger partial charge on any atom is 0.123 e. The highest BCUT2D eigenvalue weighted by Crippen LogP contribution is 2.27. The highest BCUT2D eigenvalue weighted by Gasteiger charge is 2.17. The van der Waals surface area contributed by atoms with Gasteiger partial charge in [0.15, 0.2) is 0 Å². The number of aliphatic hydroxyl groups excluding tert-OH is 1. The zero-order valence-corrected chi connectivity index (χ0v) is 11.3. The summed E-state index contributed by atoms with van der Waals surface area (Å²) < 4.78 is 13.3. The van der Waals surface area contributed by atoms with Crippen molar-refractivity contribution >= 4 is 0 Å². The fourth-order valence-corrected chi connectivity index (χ4v) is 2.20. The number of aromatic hydroxyl groups is 1. The fraction of sp³-hybridized carbons (Fsp3) is 0.250. The molecule has 0 aliphatic heterocycles. The van der Waals surface area contributed by atoms with Gasteiger partial charge in [-0.2, -0.15) is 0 Å². The van der Waals surface area contributed by atoms with Gasteiger partial charge in [0.05, 0.1) is 12.6 Å². The molecule has 0 amide bonds. The topological polar surface area (TPSA) is 52.5 Å². The molecule has 2 aromatic rings. The summed E-state index contributed by atoms with van der Waals surface area (Å²) in [5, 5.41) is 22.5. The summed E-state index contributed by atoms with van der Waals surface area (Å²) in [7, 11) is 0. The molecule has 1 unspecified atom stereocenters. The van der Waals surface area contributed by atoms with Crippen molar-refractivity contribution in [3.63, 3.8) is 0 Å². The first-order chi connectivity index (χ1) is 9.61. The third-order valence-corrected chi connectivity index (χ3v) is 3.29. The van der Waals surface area contributed by atoms with Crippen LogP contribution >= 0.6 is 0 Å². The van der Waals surface area contributed by atoms with E-state index in [1.165, 1.54) is 18.2 Å². The molecule has 4 heteroatoms. The Bertz CT molecular complexity index is 560. The minimum atomic E-state index is -0.397. The first-order valence-electron chi connectivity index (χ1n) is 6.52. The van der Waals surface area contributed by atoms with Gasteiger partial charge in [0.2, 0.25) is 0 Å². The molecule has 0 bridgehead atoms. The van der Waals surface area contributed by atoms with E-state index >= 15 is 0 Å². The molecule has 2 atom stereocenters. The molecule has 0 aliphatic rings. The lowest BCUT2D eigenvalue weighted by molar-refractivity contribution is 0.234. The molecule has 0 aromatic heterocycles. The lowest BCUT2D eigenvalue weighted by Gasteiger charge is -2.23. The zero-order valence-electron chi connectivity index (χ0n) is 11.3. The first-order valence-corrected chi connectivity index (χ1v) is 6.52. The minimum absolute atomic E-state index is 0.0381. The van der Waals surface area contributed by atoms with Crippen LogP contribution in [0.2, 0.25) is 0 Å². The lowest BCUT2D eigenvalue weighted by Crippen LogP contribution is -2.27. The van der Waals surface area contributed by atoms with Crippen molar-refractivity contribution in [2.24, 2.45) is 0 Å². The third kappa shape index (κ3) is 3.35. The van der Waals surface area contributed by atoms with Gasteiger partial charge in [-0.15, -0.1) is 0 Å². The molecule has 0 aliphatic carbocycles. The van der Waals surface area contributed by atoms with Crippen LogP contribution in [0.3, 0.4) is 0 Å². The average molecular weight is 275 g/mol. The molecule has 0 saturated heterocycles. The summed E-state index contributed by atoms with van der Waals surface area (Å²) in [6.45, 7) is 1.74. The van der Waals surface area contributed by atoms with Crippen LogP contribution in [0.15, 0.2) is 48.5 Å². The highest BCUT2D eigenvalue weighted by atomic mass is 19.1. The van der Waals surface area contributed by atoms with Crippen molar-refractivity contribution in [1.29, 1.82) is 0 Å². The first kappa shape index (κ1) is 14.5. The predicted molar refractivity (Wildman–Crippen MR) is 75.9 cm³/mol. The normalized spacial score (nSPS) is 13.9. The molecular weight excluding hydrogens is 257 g/mol. The summed E-state index contributed by atoms with van der Waals surface area (Å²) in [6.07, 6.45) is 0. The van der Waals surface area contributed by atoms with Gasteiger partial charge in [-0.05, 0) is 30.7 Å². The van der Waals surface area contributed by atoms with Gasteiger partial charge >= 0.3 is 0 Å². The lowest BCUT2D eigenvalue weighted by atomic mass is 10.0. The molecule has 20 heavy (non-hydrogen) atoms. The van der Waals surface area contributed by atoms with Crippen molar-refractivity contribution in [3.8, 4) is 5.75 Å². The number of nitrogens with one attached hydrogen (secondary N) is 1. The number of phenols is 1. The maximum atomic E-state index is 13.3. The summed E-state index contributed by atoms with van der Waals surface area (Å²) in [6, 6.07) is 12.8. The quantitative estimate of drug-likeness (QED) is 0.786. The SMILES string of the molecule is CC(N[C@@H](CO)c1ccccc1)c1cc(F)ccc1O. The molecule has 0 radical (unpaired) electrons. The van der Waals surface area contributed by atoms with Crippen LogP contribution in [-0.4, -0.2) is 16.8 Å². The number of halogens is 1. The van der Waals surface area contributed by atoms with Crippen LogP contribution in [0.5, 0.6) is 5.75 Å². The molecule has 3 N–H and O–H groups in total. The number of phenolic OH excluding ortho intramolecular Hbond substituents is 1. The van der Waals surface area contributed by atoms with Gasteiger partial charge in [-0.25, -0.2) is 4.39 Å². The molecule has 0 saturated carbocycles. The Morgan fingerprint density at radius 2 is 1.85 bits per heavy atom. The molecule has 2 aromatic carbocycles. The molecule has 3 nitrogen and oxygen atoms in total. The highest BCUT2D eigenvalue weighted by molar-refractivity contribution is 5.35. The zero-order chi connectivity index (χ0) is 14.5. The van der Waals surface area contributed by atoms with E-state index in [0.717, 1.165) is 5.56 Å². The Hall–Kier alpha value is -1.91. The van der Waals surface area contributed by atoms with E-state index in [2.05, 4.69) is 5.32 Å². The van der Waals surface area contributed by atoms with Gasteiger partial charge in [-0.1, -0.05) is 30.3 Å². The Morgan fingerprint density at radius 3 is 2.50 bits per heavy atom. The maximum absolute atomic E-state index is 13.3. The molecule has 0 heterocycles. The van der Waals surface area contributed by atoms with Crippen molar-refractivity contribution in [3.05, 3.63) is 65.5 Å². The van der Waals surface area contributed by atoms with Gasteiger partial charge in [0, 0.05) is 11.6 Å². The Kier molecular flexibility index (Phi) is 4.71. The van der Waals surface area contributed by atoms with Gasteiger partial charge in [0.1, 0.15) is 11.6 Å². The number of rotatable bonds is 5. The summed E-state index contributed by atoms with van der Waals surface area (Å²) in [5.74, 6) is -0.358. The second kappa shape index (κ2) is 6.50. The second-order valence-corrected chi connectivity index (χ2v) is 4.74. The van der Waals surface area contributed by atoms with Gasteiger partial charge in [-0.3, -0.25) is 0 Å². The van der Waals surface area contributed by atoms with Gasteiger partial charge < -0.3 is 15.5 Å². The van der Waals surface area contributed by atoms with Crippen molar-refractivity contribution < 1.29 is 14.6 Å². The van der Waals surface area contributed by atoms with Crippen LogP contribution in [0.25, 0.3) is 0 Å². The summed E-state index contributed by atoms with van der Waals surface area (Å²) in [4.78, 5) is 0. The number of hydrogen-bond donors (Lipinski definition) is 3. The monoisotopic (exact) mass is 275 g/mol. The van der Waals surface area contributed by atoms with Crippen LogP contribution in [0.4, 0.5) is 4.39 Å². The fourth-order valence-electron chi connectivity index (χ4n) is 2.20. The van der Waals surface area contributed by atoms with Crippen molar-refractivity contribution in [2.45, 2.75) is 19.0 Å². The van der Waals surface area contributed by atoms with E-state index in [1.54, 1.807) is 0 Å². The summed E-state index contributed by atoms with van der Waals surface area (Å²) in [5.41, 5.74) is 1.41. The number of aliphatic hydroxyl groups is 1. The van der Waals surface area contributed by atoms with E-state index in [-0.39, 0.29) is 24.4 Å². The summed E-state index contributed by atoms with van der Waals surface area (Å²) >= 11 is 0. The molecule has 0 spiro atoms. The standard InChI is InChI=1S/C16H18FNO2/c1-11(14-9-13(17)7-8-16(14)20)18-15(10-19)12-5-3-2-4-6-12/h2-9,11,15,18-20H,10H2,1H3/t11?,15-/m0/s1. The van der Waals surface area contributed by atoms with Crippen LogP contribution < -0.4 is 5.32 Å². The average Bonchev–Trinajstić information content (AvgIpc) is 2.48. The third-order valence-electron chi connectivity index (χ3n) is 3.29. The Labute approximate surface area is 117 Å². The number of benzene rings is 2. The van der Waals surface area contributed by atoms with E-state index in [9.17, 15) is 14.6 Å². The van der Waals surface area contributed by atoms with E-state index in [0.29, 0.717) is 5.56 Å². The van der Waals surface area contributed by atoms with E-state index in [1.807, 2.05) is 37.3 Å². The molecular formula is C16H18FNO2. The molecule has 0 fully saturated rings. The Morgan fingerprint density at radius 1 is 1.15 bits per heavy atom. The molecule has 106 valence electrons. The van der Waals surface area contributed by atoms with Crippen LogP contribution in [0.1, 0.15) is 30.1 Å². The van der Waals surface area contributed by atoms with E-state index in [4.69, 9.17) is 0 Å².